The topological polar surface area (TPSA) is 48.1 Å². The standard InChI is InChI=1S/C53H49N5O/c1-52(2,3)38-28-41(57-33-56-22-21-55-51(56)46-14-8-9-15-47(46)57)31-43(29-38)59-42-17-18-45-44-13-7-10-16-48(44)58(49(45)32-42)50-30-37(19-20-54-50)53(36-11-5-4-6-12-36)39-24-34-23-35(26-39)27-40(53)25-34/h4-22,28-32,34-35,39-40H,23-27,33H2,1-3H3. The first kappa shape index (κ1) is 34.9. The Kier molecular flexibility index (Phi) is 7.64. The first-order chi connectivity index (χ1) is 28.8. The van der Waals surface area contributed by atoms with Crippen LogP contribution in [0, 0.1) is 23.7 Å². The molecule has 1 aliphatic heterocycles. The van der Waals surface area contributed by atoms with Gasteiger partial charge < -0.3 is 14.2 Å². The largest absolute Gasteiger partial charge is 0.457 e. The minimum Gasteiger partial charge on any atom is -0.457 e. The van der Waals surface area contributed by atoms with Gasteiger partial charge in [0.2, 0.25) is 0 Å². The molecule has 5 aliphatic rings. The van der Waals surface area contributed by atoms with E-state index in [2.05, 4.69) is 175 Å². The average molecular weight is 772 g/mol. The molecule has 0 N–H and O–H groups in total. The van der Waals surface area contributed by atoms with Crippen molar-refractivity contribution in [3.05, 3.63) is 163 Å². The molecule has 0 unspecified atom stereocenters. The lowest BCUT2D eigenvalue weighted by atomic mass is 9.42. The second kappa shape index (κ2) is 12.9. The Balaban J connectivity index is 0.977. The van der Waals surface area contributed by atoms with Gasteiger partial charge in [0.05, 0.1) is 16.7 Å². The predicted molar refractivity (Wildman–Crippen MR) is 238 cm³/mol. The Morgan fingerprint density at radius 1 is 0.627 bits per heavy atom. The minimum absolute atomic E-state index is 0.00345. The summed E-state index contributed by atoms with van der Waals surface area (Å²) in [5.74, 6) is 6.65. The van der Waals surface area contributed by atoms with Crippen molar-refractivity contribution in [3.63, 3.8) is 0 Å². The van der Waals surface area contributed by atoms with Crippen LogP contribution in [0.2, 0.25) is 0 Å². The number of hydrogen-bond acceptors (Lipinski definition) is 4. The number of anilines is 2. The van der Waals surface area contributed by atoms with Crippen molar-refractivity contribution in [3.8, 4) is 28.7 Å². The highest BCUT2D eigenvalue weighted by atomic mass is 16.5. The zero-order valence-corrected chi connectivity index (χ0v) is 34.1. The van der Waals surface area contributed by atoms with E-state index in [0.29, 0.717) is 18.5 Å². The molecule has 5 aromatic carbocycles. The van der Waals surface area contributed by atoms with E-state index in [-0.39, 0.29) is 10.8 Å². The van der Waals surface area contributed by atoms with E-state index in [9.17, 15) is 0 Å². The monoisotopic (exact) mass is 771 g/mol. The Bertz CT molecular complexity index is 2890. The maximum atomic E-state index is 6.96. The molecule has 59 heavy (non-hydrogen) atoms. The number of fused-ring (bicyclic) bond motifs is 6. The molecule has 4 aliphatic carbocycles. The number of benzene rings is 5. The Labute approximate surface area is 346 Å². The number of rotatable bonds is 6. The predicted octanol–water partition coefficient (Wildman–Crippen LogP) is 13.0. The third-order valence-electron chi connectivity index (χ3n) is 14.5. The quantitative estimate of drug-likeness (QED) is 0.169. The molecule has 0 radical (unpaired) electrons. The summed E-state index contributed by atoms with van der Waals surface area (Å²) in [5.41, 5.74) is 9.65. The molecular weight excluding hydrogens is 723 g/mol. The van der Waals surface area contributed by atoms with Crippen molar-refractivity contribution in [2.24, 2.45) is 23.7 Å². The fraction of sp³-hybridized carbons (Fsp3) is 0.283. The van der Waals surface area contributed by atoms with Crippen LogP contribution in [-0.4, -0.2) is 19.1 Å². The normalized spacial score (nSPS) is 23.1. The molecule has 13 rings (SSSR count). The number of ether oxygens (including phenoxy) is 1. The molecule has 4 saturated carbocycles. The third-order valence-corrected chi connectivity index (χ3v) is 14.5. The molecule has 6 heteroatoms. The van der Waals surface area contributed by atoms with Gasteiger partial charge >= 0.3 is 0 Å². The first-order valence-corrected chi connectivity index (χ1v) is 21.6. The third kappa shape index (κ3) is 5.38. The van der Waals surface area contributed by atoms with E-state index in [0.717, 1.165) is 62.9 Å². The number of para-hydroxylation sites is 2. The number of pyridine rings is 1. The number of hydrogen-bond donors (Lipinski definition) is 0. The van der Waals surface area contributed by atoms with Gasteiger partial charge in [-0.1, -0.05) is 81.4 Å². The van der Waals surface area contributed by atoms with Crippen LogP contribution >= 0.6 is 0 Å². The second-order valence-electron chi connectivity index (χ2n) is 18.8. The molecule has 6 nitrogen and oxygen atoms in total. The fourth-order valence-corrected chi connectivity index (χ4v) is 12.2. The van der Waals surface area contributed by atoms with Crippen LogP contribution < -0.4 is 9.64 Å². The van der Waals surface area contributed by atoms with E-state index >= 15 is 0 Å². The van der Waals surface area contributed by atoms with Crippen LogP contribution in [-0.2, 0) is 17.5 Å². The van der Waals surface area contributed by atoms with E-state index in [1.165, 1.54) is 59.6 Å². The molecule has 4 bridgehead atoms. The number of aromatic nitrogens is 4. The SMILES string of the molecule is CC(C)(C)c1cc(Oc2ccc3c4ccccc4n(-c4cc(C5(c6ccccc6)C6CC7CC(C6)CC5C7)ccn4)c3c2)cc(N2Cn3ccnc3-c3ccccc32)c1. The number of imidazole rings is 1. The Hall–Kier alpha value is -6.14. The molecule has 0 atom stereocenters. The van der Waals surface area contributed by atoms with Crippen molar-refractivity contribution in [1.82, 2.24) is 19.1 Å². The summed E-state index contributed by atoms with van der Waals surface area (Å²) in [6.07, 6.45) is 12.8. The van der Waals surface area contributed by atoms with Gasteiger partial charge in [-0.3, -0.25) is 4.57 Å². The summed E-state index contributed by atoms with van der Waals surface area (Å²) in [7, 11) is 0. The summed E-state index contributed by atoms with van der Waals surface area (Å²) in [6.45, 7) is 7.48. The second-order valence-corrected chi connectivity index (χ2v) is 18.8. The van der Waals surface area contributed by atoms with Crippen LogP contribution in [0.3, 0.4) is 0 Å². The first-order valence-electron chi connectivity index (χ1n) is 21.6. The van der Waals surface area contributed by atoms with Gasteiger partial charge in [-0.25, -0.2) is 9.97 Å². The van der Waals surface area contributed by atoms with E-state index < -0.39 is 0 Å². The van der Waals surface area contributed by atoms with Gasteiger partial charge in [0.1, 0.15) is 29.8 Å². The van der Waals surface area contributed by atoms with Gasteiger partial charge in [0, 0.05) is 58.2 Å². The maximum Gasteiger partial charge on any atom is 0.143 e. The highest BCUT2D eigenvalue weighted by molar-refractivity contribution is 6.09. The molecule has 4 fully saturated rings. The fourth-order valence-electron chi connectivity index (χ4n) is 12.2. The van der Waals surface area contributed by atoms with Crippen LogP contribution in [0.25, 0.3) is 39.0 Å². The molecule has 4 heterocycles. The van der Waals surface area contributed by atoms with Crippen molar-refractivity contribution in [2.45, 2.75) is 70.4 Å². The molecular formula is C53H49N5O. The van der Waals surface area contributed by atoms with Gasteiger partial charge in [-0.05, 0) is 132 Å². The maximum absolute atomic E-state index is 6.96. The van der Waals surface area contributed by atoms with Crippen molar-refractivity contribution < 1.29 is 4.74 Å². The molecule has 0 spiro atoms. The van der Waals surface area contributed by atoms with Crippen LogP contribution in [0.15, 0.2) is 146 Å². The van der Waals surface area contributed by atoms with Crippen molar-refractivity contribution in [1.29, 1.82) is 0 Å². The molecule has 0 saturated heterocycles. The van der Waals surface area contributed by atoms with Gasteiger partial charge in [-0.2, -0.15) is 0 Å². The Morgan fingerprint density at radius 3 is 2.19 bits per heavy atom. The van der Waals surface area contributed by atoms with Gasteiger partial charge in [0.25, 0.3) is 0 Å². The number of nitrogens with zero attached hydrogens (tertiary/aromatic N) is 5. The van der Waals surface area contributed by atoms with Crippen molar-refractivity contribution in [2.75, 3.05) is 4.90 Å². The summed E-state index contributed by atoms with van der Waals surface area (Å²) >= 11 is 0. The van der Waals surface area contributed by atoms with E-state index in [1.54, 1.807) is 0 Å². The van der Waals surface area contributed by atoms with E-state index in [1.807, 2.05) is 6.20 Å². The van der Waals surface area contributed by atoms with Gasteiger partial charge in [0.15, 0.2) is 0 Å². The highest BCUT2D eigenvalue weighted by Crippen LogP contribution is 2.65. The summed E-state index contributed by atoms with van der Waals surface area (Å²) in [6, 6.07) is 46.9. The van der Waals surface area contributed by atoms with E-state index in [4.69, 9.17) is 14.7 Å². The smallest absolute Gasteiger partial charge is 0.143 e. The lowest BCUT2D eigenvalue weighted by molar-refractivity contribution is -0.0418. The van der Waals surface area contributed by atoms with Crippen molar-refractivity contribution >= 4 is 33.2 Å². The lowest BCUT2D eigenvalue weighted by Crippen LogP contribution is -2.56. The zero-order chi connectivity index (χ0) is 39.5. The molecule has 292 valence electrons. The Morgan fingerprint density at radius 2 is 1.37 bits per heavy atom. The lowest BCUT2D eigenvalue weighted by Gasteiger charge is -2.62. The van der Waals surface area contributed by atoms with Crippen LogP contribution in [0.5, 0.6) is 11.5 Å². The van der Waals surface area contributed by atoms with Crippen LogP contribution in [0.1, 0.15) is 69.6 Å². The molecule has 0 amide bonds. The highest BCUT2D eigenvalue weighted by Gasteiger charge is 2.58. The average Bonchev–Trinajstić information content (AvgIpc) is 3.86. The van der Waals surface area contributed by atoms with Gasteiger partial charge in [-0.15, -0.1) is 0 Å². The summed E-state index contributed by atoms with van der Waals surface area (Å²) in [4.78, 5) is 12.2. The zero-order valence-electron chi connectivity index (χ0n) is 34.1. The minimum atomic E-state index is -0.0922. The summed E-state index contributed by atoms with van der Waals surface area (Å²) in [5, 5.41) is 2.41. The van der Waals surface area contributed by atoms with Crippen LogP contribution in [0.4, 0.5) is 11.4 Å². The summed E-state index contributed by atoms with van der Waals surface area (Å²) < 4.78 is 11.6. The molecule has 3 aromatic heterocycles. The molecule has 8 aromatic rings.